The van der Waals surface area contributed by atoms with Gasteiger partial charge in [0.15, 0.2) is 5.82 Å². The quantitative estimate of drug-likeness (QED) is 0.364. The van der Waals surface area contributed by atoms with Crippen LogP contribution in [-0.4, -0.2) is 88.7 Å². The van der Waals surface area contributed by atoms with Crippen LogP contribution < -0.4 is 25.0 Å². The van der Waals surface area contributed by atoms with Crippen LogP contribution in [0.3, 0.4) is 0 Å². The molecule has 0 aliphatic carbocycles. The van der Waals surface area contributed by atoms with Gasteiger partial charge in [0.1, 0.15) is 16.5 Å². The first kappa shape index (κ1) is 28.2. The van der Waals surface area contributed by atoms with E-state index in [-0.39, 0.29) is 0 Å². The van der Waals surface area contributed by atoms with E-state index in [9.17, 15) is 0 Å². The highest BCUT2D eigenvalue weighted by Crippen LogP contribution is 2.37. The molecule has 2 N–H and O–H groups in total. The summed E-state index contributed by atoms with van der Waals surface area (Å²) in [4.78, 5) is 13.9. The van der Waals surface area contributed by atoms with E-state index in [2.05, 4.69) is 37.6 Å². The second kappa shape index (κ2) is 13.4. The predicted octanol–water partition coefficient (Wildman–Crippen LogP) is 4.52. The van der Waals surface area contributed by atoms with Crippen LogP contribution >= 0.6 is 11.6 Å². The molecule has 11 heteroatoms. The Hall–Kier alpha value is -3.31. The first-order chi connectivity index (χ1) is 19.6. The third-order valence-corrected chi connectivity index (χ3v) is 7.65. The zero-order chi connectivity index (χ0) is 27.9. The lowest BCUT2D eigenvalue weighted by Gasteiger charge is -2.29. The van der Waals surface area contributed by atoms with E-state index in [0.717, 1.165) is 88.2 Å². The summed E-state index contributed by atoms with van der Waals surface area (Å²) in [5.41, 5.74) is 5.23. The van der Waals surface area contributed by atoms with E-state index in [4.69, 9.17) is 35.5 Å². The lowest BCUT2D eigenvalue weighted by Crippen LogP contribution is -2.36. The van der Waals surface area contributed by atoms with Gasteiger partial charge >= 0.3 is 0 Å². The maximum atomic E-state index is 6.53. The number of halogens is 1. The number of anilines is 5. The van der Waals surface area contributed by atoms with Crippen molar-refractivity contribution in [1.29, 1.82) is 0 Å². The molecule has 40 heavy (non-hydrogen) atoms. The Morgan fingerprint density at radius 1 is 0.950 bits per heavy atom. The van der Waals surface area contributed by atoms with Crippen molar-refractivity contribution in [3.8, 4) is 11.5 Å². The topological polar surface area (TPSA) is 93.2 Å². The predicted molar refractivity (Wildman–Crippen MR) is 158 cm³/mol. The summed E-state index contributed by atoms with van der Waals surface area (Å²) in [7, 11) is 5.07. The zero-order valence-electron chi connectivity index (χ0n) is 23.3. The molecule has 0 spiro atoms. The third-order valence-electron chi connectivity index (χ3n) is 7.37. The molecule has 1 fully saturated rings. The largest absolute Gasteiger partial charge is 0.495 e. The van der Waals surface area contributed by atoms with E-state index < -0.39 is 0 Å². The number of hydrogen-bond donors (Lipinski definition) is 2. The summed E-state index contributed by atoms with van der Waals surface area (Å²) >= 11 is 6.53. The number of benzene rings is 2. The molecule has 2 aromatic carbocycles. The van der Waals surface area contributed by atoms with Crippen molar-refractivity contribution in [3.05, 3.63) is 52.7 Å². The minimum Gasteiger partial charge on any atom is -0.495 e. The van der Waals surface area contributed by atoms with Crippen LogP contribution in [0.2, 0.25) is 5.02 Å². The molecule has 0 atom stereocenters. The highest BCUT2D eigenvalue weighted by molar-refractivity contribution is 6.33. The average molecular weight is 569 g/mol. The van der Waals surface area contributed by atoms with Gasteiger partial charge < -0.3 is 39.4 Å². The Morgan fingerprint density at radius 3 is 2.52 bits per heavy atom. The molecule has 0 saturated carbocycles. The Balaban J connectivity index is 1.38. The van der Waals surface area contributed by atoms with Gasteiger partial charge in [0.2, 0.25) is 5.95 Å². The summed E-state index contributed by atoms with van der Waals surface area (Å²) < 4.78 is 22.2. The van der Waals surface area contributed by atoms with Gasteiger partial charge in [-0.15, -0.1) is 0 Å². The number of aromatic nitrogens is 2. The number of morpholine rings is 1. The number of rotatable bonds is 10. The molecular weight excluding hydrogens is 532 g/mol. The SMILES string of the molecule is COCCN1CCc2ccc(OC)c(Nc3ncc(Cl)c(Nc4ccc(N5CCOCC5)cc4OC)n3)c2CC1. The van der Waals surface area contributed by atoms with Gasteiger partial charge in [-0.1, -0.05) is 17.7 Å². The molecule has 0 bridgehead atoms. The normalized spacial score (nSPS) is 15.8. The third kappa shape index (κ3) is 6.52. The summed E-state index contributed by atoms with van der Waals surface area (Å²) in [6.07, 6.45) is 3.42. The van der Waals surface area contributed by atoms with Crippen molar-refractivity contribution in [2.45, 2.75) is 12.8 Å². The van der Waals surface area contributed by atoms with Crippen molar-refractivity contribution < 1.29 is 18.9 Å². The number of hydrogen-bond acceptors (Lipinski definition) is 10. The van der Waals surface area contributed by atoms with Gasteiger partial charge in [-0.3, -0.25) is 0 Å². The molecule has 10 nitrogen and oxygen atoms in total. The van der Waals surface area contributed by atoms with Crippen LogP contribution in [0, 0.1) is 0 Å². The summed E-state index contributed by atoms with van der Waals surface area (Å²) in [5, 5.41) is 7.17. The smallest absolute Gasteiger partial charge is 0.229 e. The minimum absolute atomic E-state index is 0.400. The van der Waals surface area contributed by atoms with Gasteiger partial charge in [-0.2, -0.15) is 4.98 Å². The number of fused-ring (bicyclic) bond motifs is 1. The number of nitrogens with zero attached hydrogens (tertiary/aromatic N) is 4. The first-order valence-corrected chi connectivity index (χ1v) is 13.9. The van der Waals surface area contributed by atoms with E-state index in [1.54, 1.807) is 27.5 Å². The summed E-state index contributed by atoms with van der Waals surface area (Å²) in [6.45, 7) is 6.69. The second-order valence-electron chi connectivity index (χ2n) is 9.74. The van der Waals surface area contributed by atoms with Crippen molar-refractivity contribution >= 4 is 40.4 Å². The van der Waals surface area contributed by atoms with Crippen LogP contribution in [0.15, 0.2) is 36.5 Å². The number of methoxy groups -OCH3 is 3. The van der Waals surface area contributed by atoms with Crippen molar-refractivity contribution in [2.24, 2.45) is 0 Å². The molecule has 0 unspecified atom stereocenters. The zero-order valence-corrected chi connectivity index (χ0v) is 24.1. The Bertz CT molecular complexity index is 1300. The highest BCUT2D eigenvalue weighted by Gasteiger charge is 2.21. The first-order valence-electron chi connectivity index (χ1n) is 13.6. The minimum atomic E-state index is 0.400. The molecular formula is C29H37ClN6O4. The molecule has 1 aromatic heterocycles. The van der Waals surface area contributed by atoms with Gasteiger partial charge in [-0.05, 0) is 42.2 Å². The van der Waals surface area contributed by atoms with Gasteiger partial charge in [0.05, 0.1) is 51.6 Å². The standard InChI is InChI=1S/C29H37ClN6O4/c1-37-15-12-35-10-8-20-4-7-25(38-2)27(22(20)9-11-35)33-29-31-19-23(30)28(34-29)32-24-6-5-21(18-26(24)39-3)36-13-16-40-17-14-36/h4-7,18-19H,8-17H2,1-3H3,(H2,31,32,33,34). The molecule has 5 rings (SSSR count). The highest BCUT2D eigenvalue weighted by atomic mass is 35.5. The fraction of sp³-hybridized carbons (Fsp3) is 0.448. The molecule has 1 saturated heterocycles. The Kier molecular flexibility index (Phi) is 9.43. The molecule has 3 aromatic rings. The molecule has 2 aliphatic heterocycles. The molecule has 0 radical (unpaired) electrons. The lowest BCUT2D eigenvalue weighted by molar-refractivity contribution is 0.122. The maximum absolute atomic E-state index is 6.53. The van der Waals surface area contributed by atoms with E-state index in [1.807, 2.05) is 18.2 Å². The lowest BCUT2D eigenvalue weighted by atomic mass is 10.00. The van der Waals surface area contributed by atoms with Crippen LogP contribution in [0.1, 0.15) is 11.1 Å². The van der Waals surface area contributed by atoms with Crippen LogP contribution in [0.25, 0.3) is 0 Å². The molecule has 2 aliphatic rings. The molecule has 0 amide bonds. The Labute approximate surface area is 240 Å². The number of nitrogens with one attached hydrogen (secondary N) is 2. The van der Waals surface area contributed by atoms with E-state index >= 15 is 0 Å². The van der Waals surface area contributed by atoms with Gasteiger partial charge in [0, 0.05) is 51.6 Å². The van der Waals surface area contributed by atoms with Crippen molar-refractivity contribution in [2.75, 3.05) is 89.4 Å². The fourth-order valence-corrected chi connectivity index (χ4v) is 5.29. The summed E-state index contributed by atoms with van der Waals surface area (Å²) in [5.74, 6) is 2.34. The molecule has 3 heterocycles. The van der Waals surface area contributed by atoms with Crippen LogP contribution in [0.5, 0.6) is 11.5 Å². The van der Waals surface area contributed by atoms with Crippen LogP contribution in [-0.2, 0) is 22.3 Å². The molecule has 214 valence electrons. The average Bonchev–Trinajstić information content (AvgIpc) is 3.21. The van der Waals surface area contributed by atoms with Crippen molar-refractivity contribution in [3.63, 3.8) is 0 Å². The maximum Gasteiger partial charge on any atom is 0.229 e. The van der Waals surface area contributed by atoms with E-state index in [0.29, 0.717) is 22.5 Å². The van der Waals surface area contributed by atoms with Crippen LogP contribution in [0.4, 0.5) is 28.8 Å². The van der Waals surface area contributed by atoms with Gasteiger partial charge in [0.25, 0.3) is 0 Å². The number of ether oxygens (including phenoxy) is 4. The van der Waals surface area contributed by atoms with Gasteiger partial charge in [-0.25, -0.2) is 4.98 Å². The Morgan fingerprint density at radius 2 is 1.75 bits per heavy atom. The second-order valence-corrected chi connectivity index (χ2v) is 10.1. The fourth-order valence-electron chi connectivity index (χ4n) is 5.16. The summed E-state index contributed by atoms with van der Waals surface area (Å²) in [6, 6.07) is 10.2. The van der Waals surface area contributed by atoms with E-state index in [1.165, 1.54) is 11.1 Å². The monoisotopic (exact) mass is 568 g/mol. The van der Waals surface area contributed by atoms with Crippen molar-refractivity contribution in [1.82, 2.24) is 14.9 Å².